The molecule has 0 bridgehead atoms. The van der Waals surface area contributed by atoms with Gasteiger partial charge in [0.25, 0.3) is 0 Å². The van der Waals surface area contributed by atoms with Gasteiger partial charge in [0.2, 0.25) is 11.8 Å². The number of Topliss-reactive ketones (excluding diaryl/α,β-unsaturated/α-hetero) is 1. The number of anilines is 1. The lowest BCUT2D eigenvalue weighted by atomic mass is 10.0. The Balaban J connectivity index is 1.52. The maximum Gasteiger partial charge on any atom is 0.243 e. The van der Waals surface area contributed by atoms with E-state index in [0.717, 1.165) is 11.3 Å². The van der Waals surface area contributed by atoms with Crippen molar-refractivity contribution in [3.8, 4) is 5.75 Å². The van der Waals surface area contributed by atoms with Crippen LogP contribution in [0.25, 0.3) is 0 Å². The van der Waals surface area contributed by atoms with Crippen LogP contribution in [0.4, 0.5) is 5.69 Å². The lowest BCUT2D eigenvalue weighted by molar-refractivity contribution is -0.130. The molecular weight excluding hydrogens is 456 g/mol. The van der Waals surface area contributed by atoms with Crippen LogP contribution in [0.2, 0.25) is 0 Å². The Hall–Kier alpha value is -3.50. The maximum absolute atomic E-state index is 12.8. The number of carbonyl (C=O) groups is 3. The predicted octanol–water partition coefficient (Wildman–Crippen LogP) is 1.18. The van der Waals surface area contributed by atoms with Crippen LogP contribution in [-0.4, -0.2) is 61.2 Å². The minimum absolute atomic E-state index is 0.134. The molecule has 0 spiro atoms. The summed E-state index contributed by atoms with van der Waals surface area (Å²) in [6.07, 6.45) is 0.273. The number of hydrogen-bond donors (Lipinski definition) is 4. The molecule has 1 saturated heterocycles. The van der Waals surface area contributed by atoms with Crippen LogP contribution in [0.1, 0.15) is 12.5 Å². The second-order valence-electron chi connectivity index (χ2n) is 8.01. The van der Waals surface area contributed by atoms with Crippen molar-refractivity contribution in [3.63, 3.8) is 0 Å². The molecule has 0 radical (unpaired) electrons. The zero-order valence-electron chi connectivity index (χ0n) is 19.1. The van der Waals surface area contributed by atoms with Gasteiger partial charge in [0.1, 0.15) is 17.4 Å². The summed E-state index contributed by atoms with van der Waals surface area (Å²) in [7, 11) is 1.58. The van der Waals surface area contributed by atoms with Crippen LogP contribution < -0.4 is 26.0 Å². The molecule has 0 unspecified atom stereocenters. The zero-order chi connectivity index (χ0) is 24.6. The van der Waals surface area contributed by atoms with Gasteiger partial charge in [0.15, 0.2) is 10.9 Å². The Morgan fingerprint density at radius 2 is 1.74 bits per heavy atom. The summed E-state index contributed by atoms with van der Waals surface area (Å²) in [6, 6.07) is 15.6. The molecule has 0 saturated carbocycles. The molecule has 0 aromatic heterocycles. The molecule has 1 heterocycles. The number of amides is 2. The molecule has 2 amide bonds. The maximum atomic E-state index is 12.8. The number of carbonyl (C=O) groups excluding carboxylic acids is 3. The predicted molar refractivity (Wildman–Crippen MR) is 132 cm³/mol. The van der Waals surface area contributed by atoms with Crippen molar-refractivity contribution in [1.29, 1.82) is 0 Å². The Morgan fingerprint density at radius 1 is 1.06 bits per heavy atom. The van der Waals surface area contributed by atoms with Gasteiger partial charge < -0.3 is 30.7 Å². The average Bonchev–Trinajstić information content (AvgIpc) is 3.60. The number of rotatable bonds is 11. The van der Waals surface area contributed by atoms with Gasteiger partial charge in [0.05, 0.1) is 26.8 Å². The highest BCUT2D eigenvalue weighted by Gasteiger charge is 2.46. The normalized spacial score (nSPS) is 17.1. The second kappa shape index (κ2) is 11.6. The fourth-order valence-corrected chi connectivity index (χ4v) is 3.25. The first-order valence-corrected chi connectivity index (χ1v) is 11.2. The number of ketones is 1. The summed E-state index contributed by atoms with van der Waals surface area (Å²) in [5.74, 6) is -0.359. The molecule has 0 aliphatic carbocycles. The smallest absolute Gasteiger partial charge is 0.243 e. The van der Waals surface area contributed by atoms with Crippen LogP contribution in [0.3, 0.4) is 0 Å². The van der Waals surface area contributed by atoms with Gasteiger partial charge >= 0.3 is 0 Å². The van der Waals surface area contributed by atoms with Crippen LogP contribution >= 0.6 is 12.2 Å². The summed E-state index contributed by atoms with van der Waals surface area (Å²) < 4.78 is 10.2. The standard InChI is InChI=1S/C24H28N4O5S/c1-24(15-33-24)20(29)13-25-22(31)19(12-16-6-4-3-5-7-16)28-21(30)14-26-23(34)27-17-8-10-18(32-2)11-9-17/h3-11,19H,12-15H2,1-2H3,(H,25,31)(H,28,30)(H2,26,27,34)/t19-,24+/m0/s1. The summed E-state index contributed by atoms with van der Waals surface area (Å²) in [5.41, 5.74) is 0.788. The summed E-state index contributed by atoms with van der Waals surface area (Å²) in [6.45, 7) is 1.73. The molecule has 180 valence electrons. The third-order valence-corrected chi connectivity index (χ3v) is 5.53. The van der Waals surface area contributed by atoms with E-state index >= 15 is 0 Å². The lowest BCUT2D eigenvalue weighted by Gasteiger charge is -2.19. The minimum Gasteiger partial charge on any atom is -0.497 e. The van der Waals surface area contributed by atoms with Crippen molar-refractivity contribution in [3.05, 3.63) is 60.2 Å². The third-order valence-electron chi connectivity index (χ3n) is 5.28. The van der Waals surface area contributed by atoms with Crippen molar-refractivity contribution < 1.29 is 23.9 Å². The summed E-state index contributed by atoms with van der Waals surface area (Å²) in [5, 5.41) is 11.4. The third kappa shape index (κ3) is 7.53. The van der Waals surface area contributed by atoms with E-state index < -0.39 is 23.5 Å². The monoisotopic (exact) mass is 484 g/mol. The van der Waals surface area contributed by atoms with Gasteiger partial charge in [0, 0.05) is 12.1 Å². The first kappa shape index (κ1) is 25.1. The molecule has 2 atom stereocenters. The fourth-order valence-electron chi connectivity index (χ4n) is 3.06. The first-order valence-electron chi connectivity index (χ1n) is 10.8. The molecule has 1 aliphatic rings. The number of epoxide rings is 1. The van der Waals surface area contributed by atoms with Crippen molar-refractivity contribution in [2.45, 2.75) is 25.0 Å². The van der Waals surface area contributed by atoms with Gasteiger partial charge in [-0.1, -0.05) is 30.3 Å². The van der Waals surface area contributed by atoms with Gasteiger partial charge in [-0.25, -0.2) is 0 Å². The largest absolute Gasteiger partial charge is 0.497 e. The topological polar surface area (TPSA) is 121 Å². The van der Waals surface area contributed by atoms with E-state index in [9.17, 15) is 14.4 Å². The van der Waals surface area contributed by atoms with Crippen molar-refractivity contribution in [2.75, 3.05) is 32.1 Å². The molecule has 9 nitrogen and oxygen atoms in total. The number of benzene rings is 2. The van der Waals surface area contributed by atoms with E-state index in [1.807, 2.05) is 30.3 Å². The summed E-state index contributed by atoms with van der Waals surface area (Å²) >= 11 is 5.23. The van der Waals surface area contributed by atoms with E-state index in [4.69, 9.17) is 21.7 Å². The highest BCUT2D eigenvalue weighted by atomic mass is 32.1. The van der Waals surface area contributed by atoms with E-state index in [0.29, 0.717) is 12.4 Å². The molecule has 3 rings (SSSR count). The SMILES string of the molecule is COc1ccc(NC(=S)NCC(=O)N[C@@H](Cc2ccccc2)C(=O)NCC(=O)[C@@]2(C)CO2)cc1. The molecule has 34 heavy (non-hydrogen) atoms. The summed E-state index contributed by atoms with van der Waals surface area (Å²) in [4.78, 5) is 37.5. The van der Waals surface area contributed by atoms with Gasteiger partial charge in [-0.3, -0.25) is 14.4 Å². The molecule has 10 heteroatoms. The van der Waals surface area contributed by atoms with Crippen molar-refractivity contribution >= 4 is 40.6 Å². The molecule has 1 aliphatic heterocycles. The lowest BCUT2D eigenvalue weighted by Crippen LogP contribution is -2.52. The number of ether oxygens (including phenoxy) is 2. The molecule has 2 aromatic carbocycles. The van der Waals surface area contributed by atoms with Gasteiger partial charge in [-0.05, 0) is 49.0 Å². The second-order valence-corrected chi connectivity index (χ2v) is 8.41. The Labute approximate surface area is 203 Å². The first-order chi connectivity index (χ1) is 16.3. The van der Waals surface area contributed by atoms with E-state index in [-0.39, 0.29) is 30.4 Å². The highest BCUT2D eigenvalue weighted by molar-refractivity contribution is 7.80. The molecular formula is C24H28N4O5S. The molecule has 1 fully saturated rings. The quantitative estimate of drug-likeness (QED) is 0.277. The number of nitrogens with one attached hydrogen (secondary N) is 4. The Bertz CT molecular complexity index is 1030. The van der Waals surface area contributed by atoms with Crippen LogP contribution in [0, 0.1) is 0 Å². The van der Waals surface area contributed by atoms with Gasteiger partial charge in [-0.2, -0.15) is 0 Å². The van der Waals surface area contributed by atoms with E-state index in [2.05, 4.69) is 21.3 Å². The van der Waals surface area contributed by atoms with E-state index in [1.165, 1.54) is 0 Å². The van der Waals surface area contributed by atoms with Crippen LogP contribution in [-0.2, 0) is 25.5 Å². The van der Waals surface area contributed by atoms with Crippen molar-refractivity contribution in [1.82, 2.24) is 16.0 Å². The molecule has 2 aromatic rings. The van der Waals surface area contributed by atoms with Crippen molar-refractivity contribution in [2.24, 2.45) is 0 Å². The van der Waals surface area contributed by atoms with Crippen LogP contribution in [0.15, 0.2) is 54.6 Å². The van der Waals surface area contributed by atoms with Crippen LogP contribution in [0.5, 0.6) is 5.75 Å². The number of thiocarbonyl (C=S) groups is 1. The Morgan fingerprint density at radius 3 is 2.35 bits per heavy atom. The minimum atomic E-state index is -0.861. The average molecular weight is 485 g/mol. The van der Waals surface area contributed by atoms with Gasteiger partial charge in [-0.15, -0.1) is 0 Å². The number of hydrogen-bond acceptors (Lipinski definition) is 6. The highest BCUT2D eigenvalue weighted by Crippen LogP contribution is 2.26. The Kier molecular flexibility index (Phi) is 8.55. The fraction of sp³-hybridized carbons (Fsp3) is 0.333. The van der Waals surface area contributed by atoms with E-state index in [1.54, 1.807) is 38.3 Å². The zero-order valence-corrected chi connectivity index (χ0v) is 19.9. The number of methoxy groups -OCH3 is 1. The molecule has 4 N–H and O–H groups in total.